The van der Waals surface area contributed by atoms with Crippen molar-refractivity contribution in [3.63, 3.8) is 0 Å². The van der Waals surface area contributed by atoms with E-state index in [9.17, 15) is 0 Å². The van der Waals surface area contributed by atoms with Crippen LogP contribution in [-0.2, 0) is 0 Å². The standard InChI is InChI=1S/C10H11ClN4/c11-8-2-1-3-9-13-10(14-15(8)9)7-4-5-12-6-7/h1-3,7,12H,4-6H2. The number of fused-ring (bicyclic) bond motifs is 1. The SMILES string of the molecule is Clc1cccc2nc(C3CCNC3)nn12. The Morgan fingerprint density at radius 2 is 2.40 bits per heavy atom. The van der Waals surface area contributed by atoms with Crippen molar-refractivity contribution in [2.75, 3.05) is 13.1 Å². The van der Waals surface area contributed by atoms with E-state index in [1.165, 1.54) is 0 Å². The Morgan fingerprint density at radius 1 is 1.47 bits per heavy atom. The number of rotatable bonds is 1. The van der Waals surface area contributed by atoms with Crippen LogP contribution in [-0.4, -0.2) is 27.7 Å². The summed E-state index contributed by atoms with van der Waals surface area (Å²) in [4.78, 5) is 4.48. The molecule has 3 heterocycles. The van der Waals surface area contributed by atoms with E-state index in [-0.39, 0.29) is 0 Å². The highest BCUT2D eigenvalue weighted by Crippen LogP contribution is 2.20. The van der Waals surface area contributed by atoms with Gasteiger partial charge in [-0.2, -0.15) is 0 Å². The molecule has 1 N–H and O–H groups in total. The highest BCUT2D eigenvalue weighted by molar-refractivity contribution is 6.29. The average molecular weight is 223 g/mol. The lowest BCUT2D eigenvalue weighted by molar-refractivity contribution is 0.698. The van der Waals surface area contributed by atoms with Gasteiger partial charge in [-0.05, 0) is 25.1 Å². The second-order valence-corrected chi connectivity index (χ2v) is 4.17. The number of hydrogen-bond acceptors (Lipinski definition) is 3. The number of nitrogens with zero attached hydrogens (tertiary/aromatic N) is 3. The average Bonchev–Trinajstić information content (AvgIpc) is 2.86. The molecule has 0 radical (unpaired) electrons. The van der Waals surface area contributed by atoms with E-state index in [1.807, 2.05) is 18.2 Å². The maximum Gasteiger partial charge on any atom is 0.157 e. The minimum Gasteiger partial charge on any atom is -0.316 e. The third-order valence-corrected chi connectivity index (χ3v) is 3.04. The minimum atomic E-state index is 0.431. The molecule has 5 heteroatoms. The number of aromatic nitrogens is 3. The maximum atomic E-state index is 6.02. The molecule has 0 spiro atoms. The van der Waals surface area contributed by atoms with Crippen LogP contribution in [0.25, 0.3) is 5.65 Å². The van der Waals surface area contributed by atoms with Gasteiger partial charge in [-0.15, -0.1) is 5.10 Å². The highest BCUT2D eigenvalue weighted by Gasteiger charge is 2.21. The molecular formula is C10H11ClN4. The first-order valence-corrected chi connectivity index (χ1v) is 5.44. The molecule has 1 aliphatic heterocycles. The van der Waals surface area contributed by atoms with Gasteiger partial charge in [0.25, 0.3) is 0 Å². The molecule has 4 nitrogen and oxygen atoms in total. The second kappa shape index (κ2) is 3.47. The lowest BCUT2D eigenvalue weighted by Crippen LogP contribution is -2.08. The molecule has 3 rings (SSSR count). The van der Waals surface area contributed by atoms with Crippen molar-refractivity contribution in [2.45, 2.75) is 12.3 Å². The summed E-state index contributed by atoms with van der Waals surface area (Å²) in [7, 11) is 0. The summed E-state index contributed by atoms with van der Waals surface area (Å²) in [6, 6.07) is 5.63. The van der Waals surface area contributed by atoms with E-state index >= 15 is 0 Å². The fourth-order valence-electron chi connectivity index (χ4n) is 1.94. The molecule has 0 bridgehead atoms. The van der Waals surface area contributed by atoms with Crippen molar-refractivity contribution in [1.29, 1.82) is 0 Å². The Kier molecular flexibility index (Phi) is 2.11. The predicted octanol–water partition coefficient (Wildman–Crippen LogP) is 1.46. The Balaban J connectivity index is 2.09. The predicted molar refractivity (Wildman–Crippen MR) is 58.2 cm³/mol. The van der Waals surface area contributed by atoms with Crippen molar-refractivity contribution >= 4 is 17.2 Å². The summed E-state index contributed by atoms with van der Waals surface area (Å²) in [5, 5.41) is 8.34. The van der Waals surface area contributed by atoms with Crippen LogP contribution in [0.5, 0.6) is 0 Å². The molecule has 0 aliphatic carbocycles. The molecule has 2 aromatic rings. The molecule has 0 saturated carbocycles. The fourth-order valence-corrected chi connectivity index (χ4v) is 2.14. The van der Waals surface area contributed by atoms with Gasteiger partial charge < -0.3 is 5.32 Å². The molecule has 78 valence electrons. The van der Waals surface area contributed by atoms with Gasteiger partial charge in [0.15, 0.2) is 11.5 Å². The molecule has 1 fully saturated rings. The third kappa shape index (κ3) is 1.50. The van der Waals surface area contributed by atoms with Gasteiger partial charge in [-0.1, -0.05) is 17.7 Å². The molecule has 0 amide bonds. The smallest absolute Gasteiger partial charge is 0.157 e. The molecule has 1 atom stereocenters. The topological polar surface area (TPSA) is 42.2 Å². The Hall–Kier alpha value is -1.13. The van der Waals surface area contributed by atoms with E-state index in [0.29, 0.717) is 11.1 Å². The van der Waals surface area contributed by atoms with Crippen molar-refractivity contribution < 1.29 is 0 Å². The Labute approximate surface area is 92.3 Å². The Bertz CT molecular complexity index is 487. The van der Waals surface area contributed by atoms with Gasteiger partial charge in [0.1, 0.15) is 5.15 Å². The molecule has 1 saturated heterocycles. The van der Waals surface area contributed by atoms with Crippen molar-refractivity contribution in [1.82, 2.24) is 19.9 Å². The van der Waals surface area contributed by atoms with Crippen LogP contribution in [0.2, 0.25) is 5.15 Å². The molecule has 1 unspecified atom stereocenters. The maximum absolute atomic E-state index is 6.02. The van der Waals surface area contributed by atoms with E-state index in [1.54, 1.807) is 4.52 Å². The van der Waals surface area contributed by atoms with Gasteiger partial charge in [0, 0.05) is 12.5 Å². The van der Waals surface area contributed by atoms with E-state index in [2.05, 4.69) is 15.4 Å². The lowest BCUT2D eigenvalue weighted by Gasteiger charge is -1.99. The highest BCUT2D eigenvalue weighted by atomic mass is 35.5. The largest absolute Gasteiger partial charge is 0.316 e. The monoisotopic (exact) mass is 222 g/mol. The quantitative estimate of drug-likeness (QED) is 0.743. The Morgan fingerprint density at radius 3 is 3.13 bits per heavy atom. The first-order chi connectivity index (χ1) is 7.34. The summed E-state index contributed by atoms with van der Waals surface area (Å²) in [6.07, 6.45) is 1.11. The van der Waals surface area contributed by atoms with Gasteiger partial charge in [-0.25, -0.2) is 9.50 Å². The van der Waals surface area contributed by atoms with Crippen LogP contribution in [0, 0.1) is 0 Å². The van der Waals surface area contributed by atoms with Crippen LogP contribution < -0.4 is 5.32 Å². The number of nitrogens with one attached hydrogen (secondary N) is 1. The number of hydrogen-bond donors (Lipinski definition) is 1. The summed E-state index contributed by atoms with van der Waals surface area (Å²) >= 11 is 6.02. The van der Waals surface area contributed by atoms with Crippen LogP contribution in [0.15, 0.2) is 18.2 Å². The van der Waals surface area contributed by atoms with Gasteiger partial charge in [-0.3, -0.25) is 0 Å². The zero-order valence-corrected chi connectivity index (χ0v) is 8.91. The molecular weight excluding hydrogens is 212 g/mol. The fraction of sp³-hybridized carbons (Fsp3) is 0.400. The van der Waals surface area contributed by atoms with E-state index in [4.69, 9.17) is 11.6 Å². The van der Waals surface area contributed by atoms with Crippen LogP contribution in [0.3, 0.4) is 0 Å². The minimum absolute atomic E-state index is 0.431. The second-order valence-electron chi connectivity index (χ2n) is 3.78. The first kappa shape index (κ1) is 9.12. The number of halogens is 1. The van der Waals surface area contributed by atoms with Gasteiger partial charge >= 0.3 is 0 Å². The number of pyridine rings is 1. The van der Waals surface area contributed by atoms with Gasteiger partial charge in [0.2, 0.25) is 0 Å². The van der Waals surface area contributed by atoms with E-state index in [0.717, 1.165) is 31.0 Å². The van der Waals surface area contributed by atoms with Crippen LogP contribution in [0.1, 0.15) is 18.2 Å². The van der Waals surface area contributed by atoms with Crippen molar-refractivity contribution in [3.05, 3.63) is 29.2 Å². The summed E-state index contributed by atoms with van der Waals surface area (Å²) in [5.74, 6) is 1.33. The summed E-state index contributed by atoms with van der Waals surface area (Å²) in [6.45, 7) is 2.02. The zero-order valence-electron chi connectivity index (χ0n) is 8.15. The van der Waals surface area contributed by atoms with Crippen LogP contribution >= 0.6 is 11.6 Å². The van der Waals surface area contributed by atoms with Gasteiger partial charge in [0.05, 0.1) is 0 Å². The molecule has 0 aromatic carbocycles. The zero-order chi connectivity index (χ0) is 10.3. The summed E-state index contributed by atoms with van der Waals surface area (Å²) in [5.41, 5.74) is 0.824. The van der Waals surface area contributed by atoms with Crippen LogP contribution in [0.4, 0.5) is 0 Å². The summed E-state index contributed by atoms with van der Waals surface area (Å²) < 4.78 is 1.69. The third-order valence-electron chi connectivity index (χ3n) is 2.76. The molecule has 2 aromatic heterocycles. The molecule has 15 heavy (non-hydrogen) atoms. The van der Waals surface area contributed by atoms with Crippen molar-refractivity contribution in [2.24, 2.45) is 0 Å². The normalized spacial score (nSPS) is 21.3. The van der Waals surface area contributed by atoms with Crippen molar-refractivity contribution in [3.8, 4) is 0 Å². The lowest BCUT2D eigenvalue weighted by atomic mass is 10.1. The molecule has 1 aliphatic rings. The van der Waals surface area contributed by atoms with E-state index < -0.39 is 0 Å². The first-order valence-electron chi connectivity index (χ1n) is 5.06.